The molecule has 0 aromatic heterocycles. The fraction of sp³-hybridized carbons (Fsp3) is 0.722. The van der Waals surface area contributed by atoms with Crippen molar-refractivity contribution in [2.75, 3.05) is 0 Å². The second kappa shape index (κ2) is 7.33. The Labute approximate surface area is 129 Å². The highest BCUT2D eigenvalue weighted by atomic mass is 32.1. The number of hydrogen-bond donors (Lipinski definition) is 0. The van der Waals surface area contributed by atoms with Gasteiger partial charge >= 0.3 is 0 Å². The second-order valence-corrected chi connectivity index (χ2v) is 6.55. The van der Waals surface area contributed by atoms with Gasteiger partial charge in [0, 0.05) is 0 Å². The normalized spacial score (nSPS) is 33.4. The SMILES string of the molecule is CCCC1CCC(C2(N=C=S)C=CC(CC)=CC2)CC1. The lowest BCUT2D eigenvalue weighted by Crippen LogP contribution is -2.37. The summed E-state index contributed by atoms with van der Waals surface area (Å²) < 4.78 is 0. The Morgan fingerprint density at radius 1 is 1.30 bits per heavy atom. The first-order valence-corrected chi connectivity index (χ1v) is 8.62. The van der Waals surface area contributed by atoms with E-state index < -0.39 is 0 Å². The fourth-order valence-corrected chi connectivity index (χ4v) is 4.04. The Bertz CT molecular complexity index is 423. The van der Waals surface area contributed by atoms with Crippen LogP contribution in [0.3, 0.4) is 0 Å². The lowest BCUT2D eigenvalue weighted by atomic mass is 9.68. The van der Waals surface area contributed by atoms with Crippen molar-refractivity contribution >= 4 is 17.4 Å². The van der Waals surface area contributed by atoms with E-state index >= 15 is 0 Å². The van der Waals surface area contributed by atoms with Crippen LogP contribution in [0.4, 0.5) is 0 Å². The van der Waals surface area contributed by atoms with Crippen molar-refractivity contribution in [2.45, 2.75) is 70.8 Å². The molecule has 0 N–H and O–H groups in total. The number of rotatable bonds is 5. The molecule has 0 aromatic rings. The maximum Gasteiger partial charge on any atom is 0.0956 e. The Morgan fingerprint density at radius 2 is 2.05 bits per heavy atom. The predicted octanol–water partition coefficient (Wildman–Crippen LogP) is 5.73. The third-order valence-corrected chi connectivity index (χ3v) is 5.28. The van der Waals surface area contributed by atoms with Gasteiger partial charge < -0.3 is 0 Å². The molecule has 2 aliphatic rings. The van der Waals surface area contributed by atoms with E-state index in [-0.39, 0.29) is 5.54 Å². The van der Waals surface area contributed by atoms with E-state index in [1.54, 1.807) is 0 Å². The molecule has 2 rings (SSSR count). The lowest BCUT2D eigenvalue weighted by Gasteiger charge is -2.40. The first-order chi connectivity index (χ1) is 9.74. The summed E-state index contributed by atoms with van der Waals surface area (Å²) >= 11 is 4.93. The molecular weight excluding hydrogens is 262 g/mol. The van der Waals surface area contributed by atoms with Crippen LogP contribution in [0, 0.1) is 11.8 Å². The van der Waals surface area contributed by atoms with Gasteiger partial charge in [0.2, 0.25) is 0 Å². The van der Waals surface area contributed by atoms with Gasteiger partial charge in [-0.3, -0.25) is 0 Å². The van der Waals surface area contributed by atoms with Gasteiger partial charge in [0.05, 0.1) is 10.7 Å². The Kier molecular flexibility index (Phi) is 5.74. The van der Waals surface area contributed by atoms with Gasteiger partial charge in [0.15, 0.2) is 0 Å². The molecule has 0 aromatic carbocycles. The van der Waals surface area contributed by atoms with Crippen LogP contribution in [-0.4, -0.2) is 10.7 Å². The summed E-state index contributed by atoms with van der Waals surface area (Å²) in [5.41, 5.74) is 1.34. The number of nitrogens with zero attached hydrogens (tertiary/aromatic N) is 1. The van der Waals surface area contributed by atoms with Crippen molar-refractivity contribution in [1.29, 1.82) is 0 Å². The van der Waals surface area contributed by atoms with Gasteiger partial charge in [-0.25, -0.2) is 4.99 Å². The molecule has 1 nitrogen and oxygen atoms in total. The van der Waals surface area contributed by atoms with Crippen LogP contribution in [0.25, 0.3) is 0 Å². The molecular formula is C18H27NS. The predicted molar refractivity (Wildman–Crippen MR) is 90.2 cm³/mol. The zero-order valence-corrected chi connectivity index (χ0v) is 13.7. The zero-order chi connectivity index (χ0) is 14.4. The van der Waals surface area contributed by atoms with Crippen molar-refractivity contribution in [3.8, 4) is 0 Å². The van der Waals surface area contributed by atoms with Crippen LogP contribution in [0.1, 0.15) is 65.2 Å². The number of hydrogen-bond acceptors (Lipinski definition) is 2. The summed E-state index contributed by atoms with van der Waals surface area (Å²) in [5, 5.41) is 2.67. The lowest BCUT2D eigenvalue weighted by molar-refractivity contribution is 0.199. The number of thiocarbonyl (C=S) groups is 1. The van der Waals surface area contributed by atoms with Gasteiger partial charge in [0.1, 0.15) is 0 Å². The number of isothiocyanates is 1. The highest BCUT2D eigenvalue weighted by molar-refractivity contribution is 7.78. The minimum absolute atomic E-state index is 0.0857. The van der Waals surface area contributed by atoms with Crippen molar-refractivity contribution in [3.63, 3.8) is 0 Å². The van der Waals surface area contributed by atoms with Crippen LogP contribution < -0.4 is 0 Å². The van der Waals surface area contributed by atoms with Crippen molar-refractivity contribution < 1.29 is 0 Å². The molecule has 2 aliphatic carbocycles. The third kappa shape index (κ3) is 3.48. The average Bonchev–Trinajstić information content (AvgIpc) is 2.49. The molecule has 1 saturated carbocycles. The zero-order valence-electron chi connectivity index (χ0n) is 12.9. The van der Waals surface area contributed by atoms with Crippen LogP contribution in [0.15, 0.2) is 28.8 Å². The van der Waals surface area contributed by atoms with E-state index in [9.17, 15) is 0 Å². The molecule has 1 atom stereocenters. The molecule has 1 fully saturated rings. The Hall–Kier alpha value is -0.720. The van der Waals surface area contributed by atoms with Crippen LogP contribution in [-0.2, 0) is 0 Å². The summed E-state index contributed by atoms with van der Waals surface area (Å²) in [6.07, 6.45) is 17.1. The van der Waals surface area contributed by atoms with Gasteiger partial charge in [-0.15, -0.1) is 0 Å². The summed E-state index contributed by atoms with van der Waals surface area (Å²) in [5.74, 6) is 1.59. The van der Waals surface area contributed by atoms with E-state index in [0.29, 0.717) is 5.92 Å². The van der Waals surface area contributed by atoms with E-state index in [2.05, 4.69) is 42.2 Å². The monoisotopic (exact) mass is 289 g/mol. The molecule has 20 heavy (non-hydrogen) atoms. The van der Waals surface area contributed by atoms with Crippen molar-refractivity contribution in [1.82, 2.24) is 0 Å². The molecule has 0 spiro atoms. The largest absolute Gasteiger partial charge is 0.221 e. The molecule has 0 bridgehead atoms. The molecule has 0 saturated heterocycles. The first-order valence-electron chi connectivity index (χ1n) is 8.21. The van der Waals surface area contributed by atoms with E-state index in [1.165, 1.54) is 44.1 Å². The topological polar surface area (TPSA) is 12.4 Å². The van der Waals surface area contributed by atoms with Crippen LogP contribution in [0.2, 0.25) is 0 Å². The highest BCUT2D eigenvalue weighted by Crippen LogP contribution is 2.43. The fourth-order valence-electron chi connectivity index (χ4n) is 3.87. The van der Waals surface area contributed by atoms with Crippen molar-refractivity contribution in [3.05, 3.63) is 23.8 Å². The van der Waals surface area contributed by atoms with Crippen LogP contribution >= 0.6 is 12.2 Å². The Morgan fingerprint density at radius 3 is 2.55 bits per heavy atom. The minimum Gasteiger partial charge on any atom is -0.221 e. The number of aliphatic imine (C=N–C) groups is 1. The first kappa shape index (κ1) is 15.7. The summed E-state index contributed by atoms with van der Waals surface area (Å²) in [6.45, 7) is 4.51. The third-order valence-electron chi connectivity index (χ3n) is 5.19. The average molecular weight is 289 g/mol. The van der Waals surface area contributed by atoms with Gasteiger partial charge in [-0.2, -0.15) is 0 Å². The van der Waals surface area contributed by atoms with Crippen LogP contribution in [0.5, 0.6) is 0 Å². The van der Waals surface area contributed by atoms with Gasteiger partial charge in [-0.1, -0.05) is 63.3 Å². The second-order valence-electron chi connectivity index (χ2n) is 6.37. The molecule has 1 unspecified atom stereocenters. The molecule has 0 aliphatic heterocycles. The maximum absolute atomic E-state index is 4.93. The Balaban J connectivity index is 2.06. The minimum atomic E-state index is -0.0857. The molecule has 2 heteroatoms. The quantitative estimate of drug-likeness (QED) is 0.465. The summed E-state index contributed by atoms with van der Waals surface area (Å²) in [4.78, 5) is 4.61. The van der Waals surface area contributed by atoms with Crippen molar-refractivity contribution in [2.24, 2.45) is 16.8 Å². The molecule has 110 valence electrons. The molecule has 0 amide bonds. The highest BCUT2D eigenvalue weighted by Gasteiger charge is 2.38. The van der Waals surface area contributed by atoms with Gasteiger partial charge in [0.25, 0.3) is 0 Å². The maximum atomic E-state index is 4.93. The molecule has 0 heterocycles. The molecule has 0 radical (unpaired) electrons. The summed E-state index contributed by atoms with van der Waals surface area (Å²) in [7, 11) is 0. The van der Waals surface area contributed by atoms with E-state index in [1.807, 2.05) is 0 Å². The number of allylic oxidation sites excluding steroid dienone is 2. The van der Waals surface area contributed by atoms with E-state index in [4.69, 9.17) is 12.2 Å². The summed E-state index contributed by atoms with van der Waals surface area (Å²) in [6, 6.07) is 0. The smallest absolute Gasteiger partial charge is 0.0956 e. The van der Waals surface area contributed by atoms with E-state index in [0.717, 1.165) is 18.8 Å². The van der Waals surface area contributed by atoms with Gasteiger partial charge in [-0.05, 0) is 49.7 Å². The standard InChI is InChI=1S/C18H27NS/c1-3-5-16-6-8-17(9-7-16)18(19-14-20)12-10-15(4-2)11-13-18/h10-12,16-17H,3-9,13H2,1-2H3.